The van der Waals surface area contributed by atoms with Crippen molar-refractivity contribution in [2.75, 3.05) is 19.0 Å². The fourth-order valence-electron chi connectivity index (χ4n) is 3.24. The second-order valence-corrected chi connectivity index (χ2v) is 5.75. The lowest BCUT2D eigenvalue weighted by Crippen LogP contribution is -2.29. The van der Waals surface area contributed by atoms with Crippen LogP contribution >= 0.6 is 0 Å². The molecule has 3 heterocycles. The number of nitrogens with zero attached hydrogens (tertiary/aromatic N) is 3. The second-order valence-electron chi connectivity index (χ2n) is 5.75. The van der Waals surface area contributed by atoms with Crippen LogP contribution in [-0.2, 0) is 0 Å². The summed E-state index contributed by atoms with van der Waals surface area (Å²) in [5.41, 5.74) is 3.06. The lowest BCUT2D eigenvalue weighted by Gasteiger charge is -2.07. The maximum Gasteiger partial charge on any atom is 0.369 e. The van der Waals surface area contributed by atoms with Crippen LogP contribution in [0.1, 0.15) is 10.4 Å². The molecule has 0 aliphatic rings. The van der Waals surface area contributed by atoms with Crippen LogP contribution in [0.25, 0.3) is 21.9 Å². The molecule has 0 bridgehead atoms. The van der Waals surface area contributed by atoms with Crippen molar-refractivity contribution >= 4 is 33.9 Å². The van der Waals surface area contributed by atoms with E-state index >= 15 is 0 Å². The minimum absolute atomic E-state index is 0.322. The van der Waals surface area contributed by atoms with E-state index in [1.165, 1.54) is 0 Å². The van der Waals surface area contributed by atoms with Gasteiger partial charge in [-0.15, -0.1) is 0 Å². The highest BCUT2D eigenvalue weighted by molar-refractivity contribution is 6.05. The molecule has 0 atom stereocenters. The molecule has 23 heavy (non-hydrogen) atoms. The molecule has 1 aromatic carbocycles. The number of carbonyl (C=O) groups is 1. The minimum atomic E-state index is -0.912. The van der Waals surface area contributed by atoms with E-state index in [-0.39, 0.29) is 0 Å². The number of benzene rings is 1. The van der Waals surface area contributed by atoms with E-state index in [0.717, 1.165) is 27.9 Å². The van der Waals surface area contributed by atoms with Gasteiger partial charge in [0.1, 0.15) is 16.6 Å². The van der Waals surface area contributed by atoms with Gasteiger partial charge in [0.25, 0.3) is 0 Å². The van der Waals surface area contributed by atoms with Crippen LogP contribution < -0.4 is 9.30 Å². The smallest absolute Gasteiger partial charge is 0.369 e. The molecular formula is C18H16N3O2+. The van der Waals surface area contributed by atoms with Crippen LogP contribution in [0.4, 0.5) is 5.95 Å². The zero-order valence-corrected chi connectivity index (χ0v) is 12.9. The topological polar surface area (TPSA) is 49.1 Å². The Balaban J connectivity index is 2.37. The molecule has 0 spiro atoms. The third-order valence-electron chi connectivity index (χ3n) is 4.13. The van der Waals surface area contributed by atoms with Crippen LogP contribution in [0.15, 0.2) is 54.7 Å². The number of carboxylic acids is 1. The third kappa shape index (κ3) is 1.80. The first kappa shape index (κ1) is 13.6. The Morgan fingerprint density at radius 1 is 1.09 bits per heavy atom. The molecule has 5 heteroatoms. The highest BCUT2D eigenvalue weighted by Crippen LogP contribution is 2.27. The molecule has 0 saturated carbocycles. The molecule has 0 aliphatic carbocycles. The first-order valence-corrected chi connectivity index (χ1v) is 7.37. The fraction of sp³-hybridized carbons (Fsp3) is 0.111. The molecule has 5 nitrogen and oxygen atoms in total. The molecule has 0 amide bonds. The normalized spacial score (nSPS) is 11.4. The van der Waals surface area contributed by atoms with Gasteiger partial charge in [-0.2, -0.15) is 4.40 Å². The number of aromatic nitrogens is 2. The Labute approximate surface area is 132 Å². The molecular weight excluding hydrogens is 290 g/mol. The second kappa shape index (κ2) is 4.71. The summed E-state index contributed by atoms with van der Waals surface area (Å²) in [4.78, 5) is 13.7. The van der Waals surface area contributed by atoms with Gasteiger partial charge in [0.05, 0.1) is 25.9 Å². The summed E-state index contributed by atoms with van der Waals surface area (Å²) < 4.78 is 4.19. The Bertz CT molecular complexity index is 1080. The number of rotatable bonds is 2. The molecule has 0 unspecified atom stereocenters. The van der Waals surface area contributed by atoms with Crippen LogP contribution in [0.2, 0.25) is 0 Å². The van der Waals surface area contributed by atoms with Gasteiger partial charge in [-0.1, -0.05) is 24.3 Å². The summed E-state index contributed by atoms with van der Waals surface area (Å²) in [6, 6.07) is 15.3. The zero-order chi connectivity index (χ0) is 16.1. The number of hydrogen-bond acceptors (Lipinski definition) is 2. The average Bonchev–Trinajstić information content (AvgIpc) is 2.88. The summed E-state index contributed by atoms with van der Waals surface area (Å²) >= 11 is 0. The van der Waals surface area contributed by atoms with Crippen molar-refractivity contribution in [1.29, 1.82) is 0 Å². The molecule has 4 rings (SSSR count). The highest BCUT2D eigenvalue weighted by Gasteiger charge is 2.25. The third-order valence-corrected chi connectivity index (χ3v) is 4.13. The van der Waals surface area contributed by atoms with E-state index in [4.69, 9.17) is 0 Å². The van der Waals surface area contributed by atoms with E-state index in [0.29, 0.717) is 5.56 Å². The van der Waals surface area contributed by atoms with Gasteiger partial charge in [-0.25, -0.2) is 9.20 Å². The van der Waals surface area contributed by atoms with Gasteiger partial charge < -0.3 is 5.11 Å². The Morgan fingerprint density at radius 2 is 1.83 bits per heavy atom. The molecule has 0 radical (unpaired) electrons. The van der Waals surface area contributed by atoms with Crippen molar-refractivity contribution in [2.45, 2.75) is 0 Å². The van der Waals surface area contributed by atoms with Crippen molar-refractivity contribution in [3.8, 4) is 0 Å². The van der Waals surface area contributed by atoms with Crippen LogP contribution in [-0.4, -0.2) is 29.6 Å². The maximum atomic E-state index is 11.7. The van der Waals surface area contributed by atoms with E-state index in [1.54, 1.807) is 6.07 Å². The lowest BCUT2D eigenvalue weighted by atomic mass is 10.1. The van der Waals surface area contributed by atoms with Gasteiger partial charge in [0, 0.05) is 5.39 Å². The number of pyridine rings is 2. The van der Waals surface area contributed by atoms with Gasteiger partial charge >= 0.3 is 11.9 Å². The lowest BCUT2D eigenvalue weighted by molar-refractivity contribution is -0.497. The van der Waals surface area contributed by atoms with Gasteiger partial charge in [-0.3, -0.25) is 4.90 Å². The SMILES string of the molecule is CN(C)c1n2c3ccccc3c(C(=O)O)cc2c2cccc[n+]12. The van der Waals surface area contributed by atoms with E-state index in [1.807, 2.05) is 67.7 Å². The number of anilines is 1. The summed E-state index contributed by atoms with van der Waals surface area (Å²) in [5, 5.41) is 10.3. The Hall–Kier alpha value is -3.08. The predicted octanol–water partition coefficient (Wildman–Crippen LogP) is 2.60. The zero-order valence-electron chi connectivity index (χ0n) is 12.9. The number of hydrogen-bond donors (Lipinski definition) is 1. The standard InChI is InChI=1S/C18H15N3O2/c1-19(2)18-20-10-6-5-9-15(20)16-11-13(17(22)23)12-7-3-4-8-14(12)21(16)18/h3-11H,1-2H3/p+1. The first-order valence-electron chi connectivity index (χ1n) is 7.37. The number of aromatic carboxylic acids is 1. The van der Waals surface area contributed by atoms with Crippen molar-refractivity contribution < 1.29 is 14.3 Å². The average molecular weight is 306 g/mol. The molecule has 3 aromatic heterocycles. The highest BCUT2D eigenvalue weighted by atomic mass is 16.4. The molecule has 0 saturated heterocycles. The van der Waals surface area contributed by atoms with Crippen molar-refractivity contribution in [1.82, 2.24) is 4.40 Å². The fourth-order valence-corrected chi connectivity index (χ4v) is 3.24. The molecule has 0 fully saturated rings. The largest absolute Gasteiger partial charge is 0.478 e. The molecule has 114 valence electrons. The van der Waals surface area contributed by atoms with Crippen molar-refractivity contribution in [2.24, 2.45) is 0 Å². The summed E-state index contributed by atoms with van der Waals surface area (Å²) in [6.45, 7) is 0. The maximum absolute atomic E-state index is 11.7. The van der Waals surface area contributed by atoms with E-state index < -0.39 is 5.97 Å². The number of carboxylic acid groups (broad SMARTS) is 1. The van der Waals surface area contributed by atoms with E-state index in [9.17, 15) is 9.90 Å². The van der Waals surface area contributed by atoms with Crippen LogP contribution in [0.5, 0.6) is 0 Å². The summed E-state index contributed by atoms with van der Waals surface area (Å²) in [5.74, 6) is 0.0640. The van der Waals surface area contributed by atoms with Gasteiger partial charge in [-0.05, 0) is 24.3 Å². The number of imidazole rings is 1. The summed E-state index contributed by atoms with van der Waals surface area (Å²) in [7, 11) is 3.97. The van der Waals surface area contributed by atoms with Gasteiger partial charge in [0.2, 0.25) is 0 Å². The molecule has 1 N–H and O–H groups in total. The van der Waals surface area contributed by atoms with Crippen molar-refractivity contribution in [3.05, 3.63) is 60.3 Å². The van der Waals surface area contributed by atoms with Crippen molar-refractivity contribution in [3.63, 3.8) is 0 Å². The molecule has 4 aromatic rings. The summed E-state index contributed by atoms with van der Waals surface area (Å²) in [6.07, 6.45) is 1.99. The Kier molecular flexibility index (Phi) is 2.78. The Morgan fingerprint density at radius 3 is 2.57 bits per heavy atom. The minimum Gasteiger partial charge on any atom is -0.478 e. The first-order chi connectivity index (χ1) is 11.1. The number of fused-ring (bicyclic) bond motifs is 5. The monoisotopic (exact) mass is 306 g/mol. The quantitative estimate of drug-likeness (QED) is 0.579. The van der Waals surface area contributed by atoms with Crippen LogP contribution in [0, 0.1) is 0 Å². The number of para-hydroxylation sites is 1. The van der Waals surface area contributed by atoms with Gasteiger partial charge in [0.15, 0.2) is 0 Å². The van der Waals surface area contributed by atoms with Crippen LogP contribution in [0.3, 0.4) is 0 Å². The molecule has 0 aliphatic heterocycles. The predicted molar refractivity (Wildman–Crippen MR) is 89.3 cm³/mol. The van der Waals surface area contributed by atoms with E-state index in [2.05, 4.69) is 8.80 Å².